The van der Waals surface area contributed by atoms with Crippen LogP contribution in [0, 0.1) is 18.3 Å². The van der Waals surface area contributed by atoms with E-state index < -0.39 is 0 Å². The van der Waals surface area contributed by atoms with Gasteiger partial charge in [0.1, 0.15) is 0 Å². The van der Waals surface area contributed by atoms with Gasteiger partial charge >= 0.3 is 0 Å². The lowest BCUT2D eigenvalue weighted by Gasteiger charge is -2.26. The monoisotopic (exact) mass is 243 g/mol. The van der Waals surface area contributed by atoms with Gasteiger partial charge in [-0.1, -0.05) is 6.92 Å². The molecule has 0 bridgehead atoms. The average molecular weight is 244 g/mol. The van der Waals surface area contributed by atoms with Gasteiger partial charge in [0.15, 0.2) is 0 Å². The second kappa shape index (κ2) is 4.42. The fraction of sp³-hybridized carbons (Fsp3) is 0.750. The fourth-order valence-corrected chi connectivity index (χ4v) is 3.26. The van der Waals surface area contributed by atoms with E-state index in [1.807, 2.05) is 5.51 Å². The molecule has 0 saturated heterocycles. The molecule has 0 aromatic carbocycles. The summed E-state index contributed by atoms with van der Waals surface area (Å²) in [6.07, 6.45) is 5.12. The summed E-state index contributed by atoms with van der Waals surface area (Å²) in [5.74, 6) is 1.68. The SMILES string of the molecule is Cc1ncsc1CCC(C)(CCl)C1CC1. The normalized spacial score (nSPS) is 20.2. The maximum Gasteiger partial charge on any atom is 0.0797 e. The highest BCUT2D eigenvalue weighted by atomic mass is 35.5. The van der Waals surface area contributed by atoms with E-state index in [9.17, 15) is 0 Å². The number of halogens is 1. The Balaban J connectivity index is 1.94. The molecule has 1 atom stereocenters. The van der Waals surface area contributed by atoms with Crippen molar-refractivity contribution in [1.29, 1.82) is 0 Å². The van der Waals surface area contributed by atoms with Crippen LogP contribution in [0.4, 0.5) is 0 Å². The molecule has 1 nitrogen and oxygen atoms in total. The van der Waals surface area contributed by atoms with Gasteiger partial charge in [-0.05, 0) is 43.9 Å². The number of aromatic nitrogens is 1. The summed E-state index contributed by atoms with van der Waals surface area (Å²) in [5.41, 5.74) is 3.50. The van der Waals surface area contributed by atoms with Crippen molar-refractivity contribution in [2.24, 2.45) is 11.3 Å². The quantitative estimate of drug-likeness (QED) is 0.712. The van der Waals surface area contributed by atoms with Gasteiger partial charge in [0.05, 0.1) is 11.2 Å². The Hall–Kier alpha value is -0.0800. The summed E-state index contributed by atoms with van der Waals surface area (Å²) in [6.45, 7) is 4.44. The van der Waals surface area contributed by atoms with Gasteiger partial charge in [-0.15, -0.1) is 22.9 Å². The van der Waals surface area contributed by atoms with E-state index in [1.54, 1.807) is 11.3 Å². The first-order chi connectivity index (χ1) is 7.15. The predicted molar refractivity (Wildman–Crippen MR) is 66.7 cm³/mol. The topological polar surface area (TPSA) is 12.9 Å². The third-order valence-corrected chi connectivity index (χ3v) is 5.24. The smallest absolute Gasteiger partial charge is 0.0797 e. The van der Waals surface area contributed by atoms with Gasteiger partial charge in [-0.3, -0.25) is 0 Å². The molecule has 1 aliphatic rings. The zero-order valence-corrected chi connectivity index (χ0v) is 11.0. The van der Waals surface area contributed by atoms with E-state index in [0.717, 1.165) is 18.2 Å². The Labute approximate surface area is 101 Å². The van der Waals surface area contributed by atoms with E-state index in [4.69, 9.17) is 11.6 Å². The standard InChI is InChI=1S/C12H18ClNS/c1-9-11(15-8-14-9)5-6-12(2,7-13)10-3-4-10/h8,10H,3-7H2,1-2H3. The summed E-state index contributed by atoms with van der Waals surface area (Å²) in [7, 11) is 0. The van der Waals surface area contributed by atoms with Crippen LogP contribution in [0.5, 0.6) is 0 Å². The number of rotatable bonds is 5. The number of hydrogen-bond donors (Lipinski definition) is 0. The molecule has 1 unspecified atom stereocenters. The highest BCUT2D eigenvalue weighted by Crippen LogP contribution is 2.48. The van der Waals surface area contributed by atoms with Crippen molar-refractivity contribution in [1.82, 2.24) is 4.98 Å². The van der Waals surface area contributed by atoms with Crippen LogP contribution in [0.2, 0.25) is 0 Å². The Bertz CT molecular complexity index is 332. The number of hydrogen-bond acceptors (Lipinski definition) is 2. The minimum absolute atomic E-state index is 0.359. The van der Waals surface area contributed by atoms with Crippen LogP contribution in [-0.2, 0) is 6.42 Å². The molecule has 15 heavy (non-hydrogen) atoms. The number of nitrogens with zero attached hydrogens (tertiary/aromatic N) is 1. The average Bonchev–Trinajstić information content (AvgIpc) is 3.01. The molecule has 0 radical (unpaired) electrons. The van der Waals surface area contributed by atoms with Crippen molar-refractivity contribution in [3.63, 3.8) is 0 Å². The minimum atomic E-state index is 0.359. The Morgan fingerprint density at radius 2 is 2.33 bits per heavy atom. The first kappa shape index (κ1) is 11.4. The largest absolute Gasteiger partial charge is 0.250 e. The van der Waals surface area contributed by atoms with Crippen LogP contribution in [-0.4, -0.2) is 10.9 Å². The van der Waals surface area contributed by atoms with Gasteiger partial charge in [0, 0.05) is 10.8 Å². The summed E-state index contributed by atoms with van der Waals surface area (Å²) in [5, 5.41) is 0. The second-order valence-electron chi connectivity index (χ2n) is 4.92. The zero-order chi connectivity index (χ0) is 10.9. The van der Waals surface area contributed by atoms with E-state index in [2.05, 4.69) is 18.8 Å². The van der Waals surface area contributed by atoms with Crippen molar-refractivity contribution in [2.45, 2.75) is 39.5 Å². The molecule has 84 valence electrons. The van der Waals surface area contributed by atoms with E-state index in [-0.39, 0.29) is 0 Å². The summed E-state index contributed by atoms with van der Waals surface area (Å²) in [6, 6.07) is 0. The maximum atomic E-state index is 6.11. The first-order valence-electron chi connectivity index (χ1n) is 5.60. The van der Waals surface area contributed by atoms with Crippen molar-refractivity contribution < 1.29 is 0 Å². The third kappa shape index (κ3) is 2.54. The van der Waals surface area contributed by atoms with Gasteiger partial charge in [0.25, 0.3) is 0 Å². The lowest BCUT2D eigenvalue weighted by atomic mass is 9.82. The van der Waals surface area contributed by atoms with E-state index in [1.165, 1.54) is 29.8 Å². The second-order valence-corrected chi connectivity index (χ2v) is 6.13. The van der Waals surface area contributed by atoms with Gasteiger partial charge < -0.3 is 0 Å². The Morgan fingerprint density at radius 1 is 1.60 bits per heavy atom. The molecule has 3 heteroatoms. The molecule has 0 N–H and O–H groups in total. The zero-order valence-electron chi connectivity index (χ0n) is 9.42. The molecular weight excluding hydrogens is 226 g/mol. The van der Waals surface area contributed by atoms with Gasteiger partial charge in [-0.2, -0.15) is 0 Å². The first-order valence-corrected chi connectivity index (χ1v) is 7.02. The van der Waals surface area contributed by atoms with Crippen LogP contribution >= 0.6 is 22.9 Å². The summed E-state index contributed by atoms with van der Waals surface area (Å²) < 4.78 is 0. The molecular formula is C12H18ClNS. The Kier molecular flexibility index (Phi) is 3.36. The highest BCUT2D eigenvalue weighted by Gasteiger charge is 2.40. The van der Waals surface area contributed by atoms with E-state index >= 15 is 0 Å². The van der Waals surface area contributed by atoms with Crippen molar-refractivity contribution in [3.05, 3.63) is 16.1 Å². The molecule has 0 amide bonds. The van der Waals surface area contributed by atoms with Crippen LogP contribution in [0.25, 0.3) is 0 Å². The highest BCUT2D eigenvalue weighted by molar-refractivity contribution is 7.09. The molecule has 1 aromatic rings. The Morgan fingerprint density at radius 3 is 2.80 bits per heavy atom. The maximum absolute atomic E-state index is 6.11. The molecule has 0 aliphatic heterocycles. The summed E-state index contributed by atoms with van der Waals surface area (Å²) >= 11 is 7.89. The molecule has 0 spiro atoms. The van der Waals surface area contributed by atoms with Crippen LogP contribution in [0.3, 0.4) is 0 Å². The number of aryl methyl sites for hydroxylation is 2. The fourth-order valence-electron chi connectivity index (χ4n) is 2.13. The van der Waals surface area contributed by atoms with Gasteiger partial charge in [0.2, 0.25) is 0 Å². The minimum Gasteiger partial charge on any atom is -0.250 e. The van der Waals surface area contributed by atoms with Crippen molar-refractivity contribution in [2.75, 3.05) is 5.88 Å². The molecule has 1 aromatic heterocycles. The van der Waals surface area contributed by atoms with Crippen LogP contribution in [0.1, 0.15) is 36.8 Å². The molecule has 1 fully saturated rings. The van der Waals surface area contributed by atoms with Crippen LogP contribution < -0.4 is 0 Å². The molecule has 1 aliphatic carbocycles. The molecule has 1 heterocycles. The number of alkyl halides is 1. The van der Waals surface area contributed by atoms with E-state index in [0.29, 0.717) is 5.41 Å². The third-order valence-electron chi connectivity index (χ3n) is 3.64. The number of thiazole rings is 1. The van der Waals surface area contributed by atoms with Crippen LogP contribution in [0.15, 0.2) is 5.51 Å². The lowest BCUT2D eigenvalue weighted by molar-refractivity contribution is 0.290. The lowest BCUT2D eigenvalue weighted by Crippen LogP contribution is -2.22. The predicted octanol–water partition coefficient (Wildman–Crippen LogP) is 4.04. The van der Waals surface area contributed by atoms with Crippen molar-refractivity contribution >= 4 is 22.9 Å². The molecule has 1 saturated carbocycles. The summed E-state index contributed by atoms with van der Waals surface area (Å²) in [4.78, 5) is 5.73. The van der Waals surface area contributed by atoms with Gasteiger partial charge in [-0.25, -0.2) is 4.98 Å². The van der Waals surface area contributed by atoms with Crippen molar-refractivity contribution in [3.8, 4) is 0 Å². The molecule has 2 rings (SSSR count).